The van der Waals surface area contributed by atoms with Crippen LogP contribution in [-0.4, -0.2) is 24.8 Å². The molecule has 0 aliphatic heterocycles. The van der Waals surface area contributed by atoms with Gasteiger partial charge in [0.2, 0.25) is 0 Å². The van der Waals surface area contributed by atoms with Gasteiger partial charge in [0, 0.05) is 19.3 Å². The van der Waals surface area contributed by atoms with E-state index in [-0.39, 0.29) is 5.82 Å². The maximum absolute atomic E-state index is 14.1. The van der Waals surface area contributed by atoms with Crippen molar-refractivity contribution in [2.24, 2.45) is 4.99 Å². The number of hydrogen-bond donors (Lipinski definition) is 1. The molecule has 0 saturated heterocycles. The summed E-state index contributed by atoms with van der Waals surface area (Å²) < 4.78 is 14.1. The highest BCUT2D eigenvalue weighted by Crippen LogP contribution is 2.33. The van der Waals surface area contributed by atoms with Gasteiger partial charge < -0.3 is 10.2 Å². The summed E-state index contributed by atoms with van der Waals surface area (Å²) >= 11 is 6.30. The minimum Gasteiger partial charge on any atom is -0.366 e. The summed E-state index contributed by atoms with van der Waals surface area (Å²) in [5, 5.41) is 3.62. The van der Waals surface area contributed by atoms with E-state index in [2.05, 4.69) is 10.3 Å². The molecule has 122 valence electrons. The number of nitrogens with one attached hydrogen (secondary N) is 1. The maximum atomic E-state index is 14.1. The second-order valence-electron chi connectivity index (χ2n) is 5.50. The molecule has 1 N–H and O–H groups in total. The van der Waals surface area contributed by atoms with E-state index in [0.29, 0.717) is 22.0 Å². The minimum absolute atomic E-state index is 0.255. The molecule has 0 aromatic heterocycles. The molecule has 0 atom stereocenters. The molecule has 2 rings (SSSR count). The van der Waals surface area contributed by atoms with Crippen LogP contribution in [0.15, 0.2) is 35.3 Å². The van der Waals surface area contributed by atoms with Gasteiger partial charge in [0.05, 0.1) is 22.7 Å². The molecule has 0 radical (unpaired) electrons. The zero-order chi connectivity index (χ0) is 17.0. The van der Waals surface area contributed by atoms with E-state index in [0.717, 1.165) is 17.8 Å². The van der Waals surface area contributed by atoms with E-state index in [1.807, 2.05) is 37.9 Å². The Balaban J connectivity index is 2.30. The fourth-order valence-corrected chi connectivity index (χ4v) is 2.24. The lowest BCUT2D eigenvalue weighted by atomic mass is 10.1. The number of hydrogen-bond acceptors (Lipinski definition) is 2. The van der Waals surface area contributed by atoms with Crippen LogP contribution >= 0.6 is 11.6 Å². The second kappa shape index (κ2) is 7.47. The van der Waals surface area contributed by atoms with Crippen LogP contribution in [-0.2, 0) is 0 Å². The Labute approximate surface area is 141 Å². The van der Waals surface area contributed by atoms with Crippen LogP contribution in [0.1, 0.15) is 18.1 Å². The predicted octanol–water partition coefficient (Wildman–Crippen LogP) is 5.45. The normalized spacial score (nSPS) is 11.0. The fourth-order valence-electron chi connectivity index (χ4n) is 2.03. The van der Waals surface area contributed by atoms with Crippen LogP contribution < -0.4 is 5.32 Å². The summed E-state index contributed by atoms with van der Waals surface area (Å²) in [5.41, 5.74) is 3.44. The third kappa shape index (κ3) is 4.23. The first kappa shape index (κ1) is 17.3. The molecule has 3 nitrogen and oxygen atoms in total. The molecule has 0 heterocycles. The van der Waals surface area contributed by atoms with Crippen molar-refractivity contribution in [3.63, 3.8) is 0 Å². The Bertz CT molecular complexity index is 728. The minimum atomic E-state index is -0.255. The van der Waals surface area contributed by atoms with Crippen molar-refractivity contribution in [3.05, 3.63) is 52.3 Å². The molecule has 0 bridgehead atoms. The van der Waals surface area contributed by atoms with Crippen LogP contribution in [0.2, 0.25) is 5.02 Å². The predicted molar refractivity (Wildman–Crippen MR) is 97.1 cm³/mol. The molecule has 23 heavy (non-hydrogen) atoms. The molecule has 5 heteroatoms. The third-order valence-corrected chi connectivity index (χ3v) is 3.95. The van der Waals surface area contributed by atoms with Crippen LogP contribution in [0.25, 0.3) is 0 Å². The lowest BCUT2D eigenvalue weighted by Gasteiger charge is -2.14. The molecule has 2 aromatic carbocycles. The quantitative estimate of drug-likeness (QED) is 0.582. The van der Waals surface area contributed by atoms with Gasteiger partial charge in [0.1, 0.15) is 5.82 Å². The van der Waals surface area contributed by atoms with Crippen LogP contribution in [0.4, 0.5) is 21.5 Å². The van der Waals surface area contributed by atoms with Crippen molar-refractivity contribution < 1.29 is 4.39 Å². The van der Waals surface area contributed by atoms with Crippen molar-refractivity contribution in [1.82, 2.24) is 4.90 Å². The Hall–Kier alpha value is -2.07. The van der Waals surface area contributed by atoms with Gasteiger partial charge in [0.25, 0.3) is 0 Å². The number of anilines is 2. The Morgan fingerprint density at radius 1 is 1.22 bits per heavy atom. The van der Waals surface area contributed by atoms with E-state index in [4.69, 9.17) is 11.6 Å². The molecular formula is C18H21ClFN3. The molecule has 0 spiro atoms. The van der Waals surface area contributed by atoms with Gasteiger partial charge in [-0.05, 0) is 50.1 Å². The summed E-state index contributed by atoms with van der Waals surface area (Å²) in [7, 11) is 1.95. The van der Waals surface area contributed by atoms with Gasteiger partial charge in [0.15, 0.2) is 0 Å². The average molecular weight is 334 g/mol. The number of aliphatic imine (C=N–C) groups is 1. The number of halogens is 2. The zero-order valence-corrected chi connectivity index (χ0v) is 14.6. The van der Waals surface area contributed by atoms with Crippen molar-refractivity contribution in [2.45, 2.75) is 20.8 Å². The van der Waals surface area contributed by atoms with E-state index >= 15 is 0 Å². The smallest absolute Gasteiger partial charge is 0.149 e. The molecular weight excluding hydrogens is 313 g/mol. The van der Waals surface area contributed by atoms with Gasteiger partial charge in [-0.3, -0.25) is 0 Å². The van der Waals surface area contributed by atoms with E-state index in [1.54, 1.807) is 31.5 Å². The second-order valence-corrected chi connectivity index (χ2v) is 5.90. The summed E-state index contributed by atoms with van der Waals surface area (Å²) in [6.07, 6.45) is 1.74. The lowest BCUT2D eigenvalue weighted by molar-refractivity contribution is 0.552. The Morgan fingerprint density at radius 3 is 2.65 bits per heavy atom. The molecule has 0 aliphatic rings. The summed E-state index contributed by atoms with van der Waals surface area (Å²) in [6, 6.07) is 8.92. The molecule has 0 saturated carbocycles. The van der Waals surface area contributed by atoms with Gasteiger partial charge in [-0.1, -0.05) is 23.7 Å². The zero-order valence-electron chi connectivity index (χ0n) is 13.8. The topological polar surface area (TPSA) is 27.6 Å². The Morgan fingerprint density at radius 2 is 1.96 bits per heavy atom. The van der Waals surface area contributed by atoms with Crippen LogP contribution in [0, 0.1) is 19.7 Å². The van der Waals surface area contributed by atoms with E-state index in [9.17, 15) is 4.39 Å². The first-order valence-corrected chi connectivity index (χ1v) is 7.87. The van der Waals surface area contributed by atoms with Crippen molar-refractivity contribution >= 4 is 35.0 Å². The van der Waals surface area contributed by atoms with Crippen molar-refractivity contribution in [2.75, 3.05) is 18.9 Å². The van der Waals surface area contributed by atoms with Gasteiger partial charge in [-0.15, -0.1) is 0 Å². The monoisotopic (exact) mass is 333 g/mol. The lowest BCUT2D eigenvalue weighted by Crippen LogP contribution is -2.14. The number of nitrogens with zero attached hydrogens (tertiary/aromatic N) is 2. The molecule has 2 aromatic rings. The summed E-state index contributed by atoms with van der Waals surface area (Å²) in [6.45, 7) is 6.59. The van der Waals surface area contributed by atoms with Crippen LogP contribution in [0.5, 0.6) is 0 Å². The first-order chi connectivity index (χ1) is 10.9. The Kier molecular flexibility index (Phi) is 5.61. The van der Waals surface area contributed by atoms with Gasteiger partial charge in [-0.2, -0.15) is 0 Å². The molecule has 0 fully saturated rings. The largest absolute Gasteiger partial charge is 0.366 e. The molecule has 0 amide bonds. The SMILES string of the molecule is CCN(C)C=Nc1cc(C)c(Nc2cccc(C)c2F)cc1Cl. The highest BCUT2D eigenvalue weighted by Gasteiger charge is 2.09. The number of aryl methyl sites for hydroxylation is 2. The number of benzene rings is 2. The highest BCUT2D eigenvalue weighted by atomic mass is 35.5. The molecule has 0 unspecified atom stereocenters. The number of rotatable bonds is 5. The van der Waals surface area contributed by atoms with Crippen molar-refractivity contribution in [1.29, 1.82) is 0 Å². The van der Waals surface area contributed by atoms with Gasteiger partial charge >= 0.3 is 0 Å². The van der Waals surface area contributed by atoms with Crippen molar-refractivity contribution in [3.8, 4) is 0 Å². The van der Waals surface area contributed by atoms with E-state index < -0.39 is 0 Å². The summed E-state index contributed by atoms with van der Waals surface area (Å²) in [4.78, 5) is 6.34. The first-order valence-electron chi connectivity index (χ1n) is 7.49. The summed E-state index contributed by atoms with van der Waals surface area (Å²) in [5.74, 6) is -0.255. The average Bonchev–Trinajstić information content (AvgIpc) is 2.53. The fraction of sp³-hybridized carbons (Fsp3) is 0.278. The maximum Gasteiger partial charge on any atom is 0.149 e. The van der Waals surface area contributed by atoms with E-state index in [1.165, 1.54) is 0 Å². The molecule has 0 aliphatic carbocycles. The standard InChI is InChI=1S/C18H21ClFN3/c1-5-23(4)11-21-17-9-13(3)16(10-14(17)19)22-15-8-6-7-12(2)18(15)20/h6-11,22H,5H2,1-4H3. The van der Waals surface area contributed by atoms with Crippen LogP contribution in [0.3, 0.4) is 0 Å². The van der Waals surface area contributed by atoms with Gasteiger partial charge in [-0.25, -0.2) is 9.38 Å². The highest BCUT2D eigenvalue weighted by molar-refractivity contribution is 6.33. The third-order valence-electron chi connectivity index (χ3n) is 3.65.